The molecule has 4 nitrogen and oxygen atoms in total. The molecule has 0 radical (unpaired) electrons. The largest absolute Gasteiger partial charge is 0.398 e. The molecule has 6 heteroatoms. The second-order valence-electron chi connectivity index (χ2n) is 5.58. The van der Waals surface area contributed by atoms with Crippen molar-refractivity contribution in [3.05, 3.63) is 22.2 Å². The zero-order valence-corrected chi connectivity index (χ0v) is 14.5. The molecule has 0 aliphatic carbocycles. The Morgan fingerprint density at radius 3 is 2.35 bits per heavy atom. The highest BCUT2D eigenvalue weighted by atomic mass is 79.9. The number of hydrogen-bond acceptors (Lipinski definition) is 3. The van der Waals surface area contributed by atoms with Crippen molar-refractivity contribution in [1.82, 2.24) is 4.31 Å². The van der Waals surface area contributed by atoms with Gasteiger partial charge in [0, 0.05) is 22.2 Å². The van der Waals surface area contributed by atoms with Gasteiger partial charge in [0.05, 0.1) is 4.90 Å². The van der Waals surface area contributed by atoms with Crippen LogP contribution in [0, 0.1) is 6.92 Å². The van der Waals surface area contributed by atoms with Crippen LogP contribution in [0.25, 0.3) is 0 Å². The minimum Gasteiger partial charge on any atom is -0.398 e. The van der Waals surface area contributed by atoms with Crippen molar-refractivity contribution in [2.24, 2.45) is 0 Å². The first kappa shape index (κ1) is 15.8. The Morgan fingerprint density at radius 2 is 1.80 bits per heavy atom. The summed E-state index contributed by atoms with van der Waals surface area (Å²) in [5.41, 5.74) is 7.02. The van der Waals surface area contributed by atoms with Crippen LogP contribution >= 0.6 is 15.9 Å². The van der Waals surface area contributed by atoms with Gasteiger partial charge in [0.15, 0.2) is 0 Å². The highest BCUT2D eigenvalue weighted by Gasteiger charge is 2.36. The molecule has 20 heavy (non-hydrogen) atoms. The predicted octanol–water partition coefficient (Wildman–Crippen LogP) is 3.29. The number of nitrogens with two attached hydrogens (primary N) is 1. The summed E-state index contributed by atoms with van der Waals surface area (Å²) >= 11 is 3.33. The minimum atomic E-state index is -3.51. The Hall–Kier alpha value is -0.590. The molecule has 1 heterocycles. The van der Waals surface area contributed by atoms with Crippen LogP contribution in [0.4, 0.5) is 5.69 Å². The van der Waals surface area contributed by atoms with E-state index in [0.29, 0.717) is 20.6 Å². The summed E-state index contributed by atoms with van der Waals surface area (Å²) in [6.07, 6.45) is 2.90. The topological polar surface area (TPSA) is 63.4 Å². The molecule has 2 atom stereocenters. The van der Waals surface area contributed by atoms with Crippen molar-refractivity contribution >= 4 is 31.6 Å². The molecule has 1 fully saturated rings. The molecular weight excluding hydrogens is 340 g/mol. The summed E-state index contributed by atoms with van der Waals surface area (Å²) in [5.74, 6) is 0. The molecule has 1 aliphatic heterocycles. The molecule has 0 saturated carbocycles. The van der Waals surface area contributed by atoms with E-state index >= 15 is 0 Å². The van der Waals surface area contributed by atoms with Gasteiger partial charge in [-0.2, -0.15) is 4.31 Å². The number of anilines is 1. The Balaban J connectivity index is 2.55. The van der Waals surface area contributed by atoms with Crippen LogP contribution in [-0.4, -0.2) is 24.8 Å². The first-order valence-corrected chi connectivity index (χ1v) is 9.07. The summed E-state index contributed by atoms with van der Waals surface area (Å²) in [6.45, 7) is 5.71. The standard InChI is InChI=1S/C14H21BrN2O2S/c1-9-5-4-6-10(2)17(9)20(18,19)14-8-12(15)7-13(16)11(14)3/h7-10H,4-6,16H2,1-3H3. The lowest BCUT2D eigenvalue weighted by Crippen LogP contribution is -2.47. The Labute approximate surface area is 129 Å². The summed E-state index contributed by atoms with van der Waals surface area (Å²) in [7, 11) is -3.51. The van der Waals surface area contributed by atoms with Gasteiger partial charge < -0.3 is 5.73 Å². The van der Waals surface area contributed by atoms with Crippen LogP contribution in [0.5, 0.6) is 0 Å². The van der Waals surface area contributed by atoms with Crippen molar-refractivity contribution in [2.75, 3.05) is 5.73 Å². The van der Waals surface area contributed by atoms with E-state index < -0.39 is 10.0 Å². The van der Waals surface area contributed by atoms with E-state index in [-0.39, 0.29) is 12.1 Å². The van der Waals surface area contributed by atoms with Gasteiger partial charge in [-0.05, 0) is 51.3 Å². The van der Waals surface area contributed by atoms with Crippen LogP contribution in [0.2, 0.25) is 0 Å². The third-order valence-electron chi connectivity index (χ3n) is 4.03. The van der Waals surface area contributed by atoms with Crippen LogP contribution in [-0.2, 0) is 10.0 Å². The van der Waals surface area contributed by atoms with Gasteiger partial charge in [0.2, 0.25) is 10.0 Å². The van der Waals surface area contributed by atoms with Crippen LogP contribution in [0.15, 0.2) is 21.5 Å². The predicted molar refractivity (Wildman–Crippen MR) is 85.1 cm³/mol. The molecule has 1 aliphatic rings. The van der Waals surface area contributed by atoms with Crippen molar-refractivity contribution in [2.45, 2.75) is 57.0 Å². The number of nitrogens with zero attached hydrogens (tertiary/aromatic N) is 1. The van der Waals surface area contributed by atoms with E-state index in [1.807, 2.05) is 13.8 Å². The van der Waals surface area contributed by atoms with E-state index in [4.69, 9.17) is 5.73 Å². The number of halogens is 1. The van der Waals surface area contributed by atoms with Crippen LogP contribution in [0.3, 0.4) is 0 Å². The van der Waals surface area contributed by atoms with Gasteiger partial charge in [-0.1, -0.05) is 22.4 Å². The molecule has 1 aromatic rings. The molecule has 2 N–H and O–H groups in total. The maximum Gasteiger partial charge on any atom is 0.243 e. The van der Waals surface area contributed by atoms with Gasteiger partial charge in [0.1, 0.15) is 0 Å². The Bertz CT molecular complexity index is 606. The smallest absolute Gasteiger partial charge is 0.243 e. The highest BCUT2D eigenvalue weighted by Crippen LogP contribution is 2.33. The number of benzene rings is 1. The lowest BCUT2D eigenvalue weighted by molar-refractivity contribution is 0.204. The van der Waals surface area contributed by atoms with Crippen molar-refractivity contribution in [3.63, 3.8) is 0 Å². The Kier molecular flexibility index (Phi) is 4.47. The number of hydrogen-bond donors (Lipinski definition) is 1. The van der Waals surface area contributed by atoms with Crippen LogP contribution in [0.1, 0.15) is 38.7 Å². The van der Waals surface area contributed by atoms with Gasteiger partial charge in [-0.3, -0.25) is 0 Å². The quantitative estimate of drug-likeness (QED) is 0.823. The van der Waals surface area contributed by atoms with E-state index in [1.165, 1.54) is 0 Å². The second kappa shape index (κ2) is 5.66. The molecule has 1 saturated heterocycles. The first-order chi connectivity index (χ1) is 9.25. The van der Waals surface area contributed by atoms with Crippen LogP contribution < -0.4 is 5.73 Å². The SMILES string of the molecule is Cc1c(N)cc(Br)cc1S(=O)(=O)N1C(C)CCCC1C. The average Bonchev–Trinajstić information content (AvgIpc) is 2.33. The van der Waals surface area contributed by atoms with Gasteiger partial charge in [-0.15, -0.1) is 0 Å². The zero-order chi connectivity index (χ0) is 15.1. The van der Waals surface area contributed by atoms with Gasteiger partial charge >= 0.3 is 0 Å². The molecule has 0 amide bonds. The minimum absolute atomic E-state index is 0.0309. The maximum absolute atomic E-state index is 13.0. The van der Waals surface area contributed by atoms with E-state index in [0.717, 1.165) is 19.3 Å². The second-order valence-corrected chi connectivity index (χ2v) is 8.31. The molecular formula is C14H21BrN2O2S. The fraction of sp³-hybridized carbons (Fsp3) is 0.571. The lowest BCUT2D eigenvalue weighted by Gasteiger charge is -2.38. The summed E-state index contributed by atoms with van der Waals surface area (Å²) in [6, 6.07) is 3.44. The third kappa shape index (κ3) is 2.73. The number of nitrogen functional groups attached to an aromatic ring is 1. The molecule has 1 aromatic carbocycles. The van der Waals surface area contributed by atoms with Crippen molar-refractivity contribution < 1.29 is 8.42 Å². The monoisotopic (exact) mass is 360 g/mol. The number of piperidine rings is 1. The molecule has 0 aromatic heterocycles. The van der Waals surface area contributed by atoms with E-state index in [1.54, 1.807) is 23.4 Å². The zero-order valence-electron chi connectivity index (χ0n) is 12.1. The molecule has 2 unspecified atom stereocenters. The van der Waals surface area contributed by atoms with E-state index in [2.05, 4.69) is 15.9 Å². The molecule has 0 bridgehead atoms. The normalized spacial score (nSPS) is 24.8. The fourth-order valence-corrected chi connectivity index (χ4v) is 5.72. The first-order valence-electron chi connectivity index (χ1n) is 6.84. The fourth-order valence-electron chi connectivity index (χ4n) is 2.93. The number of rotatable bonds is 2. The average molecular weight is 361 g/mol. The molecule has 2 rings (SSSR count). The van der Waals surface area contributed by atoms with E-state index in [9.17, 15) is 8.42 Å². The van der Waals surface area contributed by atoms with Gasteiger partial charge in [-0.25, -0.2) is 8.42 Å². The third-order valence-corrected chi connectivity index (χ3v) is 6.75. The molecule has 112 valence electrons. The summed E-state index contributed by atoms with van der Waals surface area (Å²) < 4.78 is 28.3. The van der Waals surface area contributed by atoms with Crippen molar-refractivity contribution in [3.8, 4) is 0 Å². The Morgan fingerprint density at radius 1 is 1.25 bits per heavy atom. The number of sulfonamides is 1. The lowest BCUT2D eigenvalue weighted by atomic mass is 10.0. The maximum atomic E-state index is 13.0. The molecule has 0 spiro atoms. The van der Waals surface area contributed by atoms with Crippen molar-refractivity contribution in [1.29, 1.82) is 0 Å². The van der Waals surface area contributed by atoms with Gasteiger partial charge in [0.25, 0.3) is 0 Å². The highest BCUT2D eigenvalue weighted by molar-refractivity contribution is 9.10. The summed E-state index contributed by atoms with van der Waals surface area (Å²) in [4.78, 5) is 0.310. The summed E-state index contributed by atoms with van der Waals surface area (Å²) in [5, 5.41) is 0.